The van der Waals surface area contributed by atoms with E-state index in [2.05, 4.69) is 17.4 Å². The van der Waals surface area contributed by atoms with E-state index in [1.165, 1.54) is 19.2 Å². The molecular formula is C29H26FNO5. The topological polar surface area (TPSA) is 84.9 Å². The molecule has 6 nitrogen and oxygen atoms in total. The van der Waals surface area contributed by atoms with E-state index in [1.807, 2.05) is 36.4 Å². The number of hydrogen-bond donors (Lipinski definition) is 2. The third-order valence-electron chi connectivity index (χ3n) is 8.27. The standard InChI is InChI=1S/C29H26FNO5/c1-35-24-11-10-17(30)12-23(24)28-14-29(15-28,16-28)25(26(32)33)31-27(34)36-13-22-20-8-4-2-6-18(20)19-7-3-5-9-21(19)22/h2-12,22,25H,13-16H2,1H3,(H,31,34)(H,32,33). The van der Waals surface area contributed by atoms with E-state index in [9.17, 15) is 19.1 Å². The van der Waals surface area contributed by atoms with Crippen LogP contribution in [0, 0.1) is 11.2 Å². The van der Waals surface area contributed by atoms with Gasteiger partial charge in [0.05, 0.1) is 7.11 Å². The number of carbonyl (C=O) groups excluding carboxylic acids is 1. The highest BCUT2D eigenvalue weighted by atomic mass is 19.1. The molecule has 0 heterocycles. The molecule has 3 saturated carbocycles. The molecule has 3 aromatic carbocycles. The Hall–Kier alpha value is -3.87. The van der Waals surface area contributed by atoms with Crippen LogP contribution >= 0.6 is 0 Å². The number of benzene rings is 3. The summed E-state index contributed by atoms with van der Waals surface area (Å²) in [4.78, 5) is 24.9. The first-order valence-electron chi connectivity index (χ1n) is 12.0. The summed E-state index contributed by atoms with van der Waals surface area (Å²) in [6, 6.07) is 19.4. The smallest absolute Gasteiger partial charge is 0.407 e. The van der Waals surface area contributed by atoms with Crippen molar-refractivity contribution < 1.29 is 28.6 Å². The molecule has 4 aliphatic rings. The van der Waals surface area contributed by atoms with Gasteiger partial charge in [-0.2, -0.15) is 0 Å². The minimum absolute atomic E-state index is 0.106. The second-order valence-electron chi connectivity index (χ2n) is 10.3. The van der Waals surface area contributed by atoms with Crippen molar-refractivity contribution >= 4 is 12.1 Å². The molecule has 0 aromatic heterocycles. The van der Waals surface area contributed by atoms with E-state index >= 15 is 0 Å². The van der Waals surface area contributed by atoms with Crippen LogP contribution in [-0.2, 0) is 14.9 Å². The predicted molar refractivity (Wildman–Crippen MR) is 131 cm³/mol. The molecule has 7 rings (SSSR count). The largest absolute Gasteiger partial charge is 0.496 e. The number of ether oxygens (including phenoxy) is 2. The highest BCUT2D eigenvalue weighted by Gasteiger charge is 2.73. The molecule has 184 valence electrons. The molecule has 1 atom stereocenters. The Balaban J connectivity index is 1.14. The molecule has 0 aliphatic heterocycles. The first-order chi connectivity index (χ1) is 17.4. The second kappa shape index (κ2) is 8.08. The number of halogens is 1. The van der Waals surface area contributed by atoms with Crippen LogP contribution in [-0.4, -0.2) is 36.9 Å². The van der Waals surface area contributed by atoms with Crippen molar-refractivity contribution in [1.29, 1.82) is 0 Å². The van der Waals surface area contributed by atoms with Gasteiger partial charge in [0, 0.05) is 22.3 Å². The number of carbonyl (C=O) groups is 2. The maximum atomic E-state index is 13.9. The Bertz CT molecular complexity index is 1320. The summed E-state index contributed by atoms with van der Waals surface area (Å²) in [6.07, 6.45) is 0.882. The van der Waals surface area contributed by atoms with Crippen molar-refractivity contribution in [3.05, 3.63) is 89.2 Å². The fourth-order valence-corrected chi connectivity index (χ4v) is 6.79. The van der Waals surface area contributed by atoms with Gasteiger partial charge in [0.25, 0.3) is 0 Å². The average Bonchev–Trinajstić information content (AvgIpc) is 3.14. The number of carboxylic acid groups (broad SMARTS) is 1. The average molecular weight is 488 g/mol. The maximum absolute atomic E-state index is 13.9. The first kappa shape index (κ1) is 22.6. The van der Waals surface area contributed by atoms with Gasteiger partial charge in [0.1, 0.15) is 24.2 Å². The minimum atomic E-state index is -1.09. The van der Waals surface area contributed by atoms with Crippen molar-refractivity contribution in [2.45, 2.75) is 36.6 Å². The fourth-order valence-electron chi connectivity index (χ4n) is 6.79. The molecule has 0 radical (unpaired) electrons. The molecule has 36 heavy (non-hydrogen) atoms. The summed E-state index contributed by atoms with van der Waals surface area (Å²) in [6.45, 7) is 0.115. The molecular weight excluding hydrogens is 461 g/mol. The lowest BCUT2D eigenvalue weighted by Crippen LogP contribution is -2.73. The van der Waals surface area contributed by atoms with Crippen molar-refractivity contribution in [2.24, 2.45) is 5.41 Å². The van der Waals surface area contributed by atoms with Gasteiger partial charge in [0.15, 0.2) is 0 Å². The lowest BCUT2D eigenvalue weighted by atomic mass is 9.31. The number of rotatable bonds is 7. The van der Waals surface area contributed by atoms with Gasteiger partial charge >= 0.3 is 12.1 Å². The van der Waals surface area contributed by atoms with Gasteiger partial charge < -0.3 is 19.9 Å². The van der Waals surface area contributed by atoms with Crippen LogP contribution in [0.2, 0.25) is 0 Å². The van der Waals surface area contributed by atoms with Crippen LogP contribution in [0.25, 0.3) is 11.1 Å². The van der Waals surface area contributed by atoms with Crippen LogP contribution in [0.3, 0.4) is 0 Å². The van der Waals surface area contributed by atoms with E-state index in [0.29, 0.717) is 25.0 Å². The lowest BCUT2D eigenvalue weighted by molar-refractivity contribution is -0.183. The Morgan fingerprint density at radius 1 is 1.03 bits per heavy atom. The number of fused-ring (bicyclic) bond motifs is 3. The van der Waals surface area contributed by atoms with Gasteiger partial charge in [-0.15, -0.1) is 0 Å². The highest BCUT2D eigenvalue weighted by molar-refractivity contribution is 5.82. The van der Waals surface area contributed by atoms with E-state index in [4.69, 9.17) is 9.47 Å². The molecule has 0 spiro atoms. The van der Waals surface area contributed by atoms with E-state index < -0.39 is 23.5 Å². The number of hydrogen-bond acceptors (Lipinski definition) is 4. The fraction of sp³-hybridized carbons (Fsp3) is 0.310. The molecule has 2 bridgehead atoms. The van der Waals surface area contributed by atoms with E-state index in [-0.39, 0.29) is 23.8 Å². The van der Waals surface area contributed by atoms with Gasteiger partial charge in [-0.3, -0.25) is 0 Å². The zero-order valence-electron chi connectivity index (χ0n) is 19.8. The van der Waals surface area contributed by atoms with E-state index in [1.54, 1.807) is 6.07 Å². The quantitative estimate of drug-likeness (QED) is 0.476. The minimum Gasteiger partial charge on any atom is -0.496 e. The molecule has 7 heteroatoms. The normalized spacial score (nSPS) is 23.9. The number of nitrogens with one attached hydrogen (secondary N) is 1. The number of aliphatic carboxylic acids is 1. The van der Waals surface area contributed by atoms with Crippen LogP contribution < -0.4 is 10.1 Å². The summed E-state index contributed by atoms with van der Waals surface area (Å²) in [5, 5.41) is 12.5. The summed E-state index contributed by atoms with van der Waals surface area (Å²) in [7, 11) is 1.54. The zero-order chi connectivity index (χ0) is 25.1. The van der Waals surface area contributed by atoms with Crippen molar-refractivity contribution in [3.8, 4) is 16.9 Å². The predicted octanol–water partition coefficient (Wildman–Crippen LogP) is 5.25. The van der Waals surface area contributed by atoms with Gasteiger partial charge in [0.2, 0.25) is 0 Å². The van der Waals surface area contributed by atoms with Crippen LogP contribution in [0.1, 0.15) is 41.9 Å². The van der Waals surface area contributed by atoms with Gasteiger partial charge in [-0.25, -0.2) is 14.0 Å². The van der Waals surface area contributed by atoms with Crippen molar-refractivity contribution in [3.63, 3.8) is 0 Å². The third-order valence-corrected chi connectivity index (χ3v) is 8.27. The Morgan fingerprint density at radius 2 is 1.64 bits per heavy atom. The molecule has 1 unspecified atom stereocenters. The molecule has 3 fully saturated rings. The number of amides is 1. The Morgan fingerprint density at radius 3 is 2.22 bits per heavy atom. The summed E-state index contributed by atoms with van der Waals surface area (Å²) in [5.74, 6) is -0.953. The second-order valence-corrected chi connectivity index (χ2v) is 10.3. The van der Waals surface area contributed by atoms with Gasteiger partial charge in [-0.05, 0) is 59.7 Å². The first-order valence-corrected chi connectivity index (χ1v) is 12.0. The summed E-state index contributed by atoms with van der Waals surface area (Å²) >= 11 is 0. The molecule has 2 N–H and O–H groups in total. The SMILES string of the molecule is COc1ccc(F)cc1C12CC(C(NC(=O)OCC3c4ccccc4-c4ccccc43)C(=O)O)(C1)C2. The summed E-state index contributed by atoms with van der Waals surface area (Å²) < 4.78 is 24.9. The zero-order valence-corrected chi connectivity index (χ0v) is 19.8. The van der Waals surface area contributed by atoms with Crippen LogP contribution in [0.5, 0.6) is 5.75 Å². The molecule has 0 saturated heterocycles. The van der Waals surface area contributed by atoms with Crippen LogP contribution in [0.15, 0.2) is 66.7 Å². The number of alkyl carbamates (subject to hydrolysis) is 1. The van der Waals surface area contributed by atoms with Crippen molar-refractivity contribution in [1.82, 2.24) is 5.32 Å². The van der Waals surface area contributed by atoms with Crippen molar-refractivity contribution in [2.75, 3.05) is 13.7 Å². The Kier molecular flexibility index (Phi) is 5.07. The van der Waals surface area contributed by atoms with E-state index in [0.717, 1.165) is 27.8 Å². The maximum Gasteiger partial charge on any atom is 0.407 e. The summed E-state index contributed by atoms with van der Waals surface area (Å²) in [5.41, 5.74) is 4.30. The Labute approximate surface area is 208 Å². The van der Waals surface area contributed by atoms with Gasteiger partial charge in [-0.1, -0.05) is 48.5 Å². The lowest BCUT2D eigenvalue weighted by Gasteiger charge is -2.72. The monoisotopic (exact) mass is 487 g/mol. The van der Waals surface area contributed by atoms with Crippen LogP contribution in [0.4, 0.5) is 9.18 Å². The highest BCUT2D eigenvalue weighted by Crippen LogP contribution is 2.75. The number of methoxy groups -OCH3 is 1. The molecule has 1 amide bonds. The number of carboxylic acids is 1. The molecule has 3 aromatic rings. The third kappa shape index (κ3) is 3.29. The molecule has 4 aliphatic carbocycles.